The smallest absolute Gasteiger partial charge is 0.315 e. The average molecular weight is 773 g/mol. The van der Waals surface area contributed by atoms with Crippen molar-refractivity contribution in [3.8, 4) is 11.8 Å². The van der Waals surface area contributed by atoms with Crippen molar-refractivity contribution in [3.05, 3.63) is 105 Å². The number of fused-ring (bicyclic) bond motifs is 2. The number of carbonyl (C=O) groups excluding carboxylic acids is 4. The first-order valence-corrected chi connectivity index (χ1v) is 18.3. The molecule has 1 aliphatic heterocycles. The lowest BCUT2D eigenvalue weighted by molar-refractivity contribution is -0.385. The van der Waals surface area contributed by atoms with E-state index in [0.29, 0.717) is 46.2 Å². The van der Waals surface area contributed by atoms with Gasteiger partial charge in [-0.15, -0.1) is 0 Å². The Morgan fingerprint density at radius 3 is 2.04 bits per heavy atom. The van der Waals surface area contributed by atoms with Gasteiger partial charge < -0.3 is 45.1 Å². The molecule has 0 bridgehead atoms. The number of rotatable bonds is 23. The molecular formula is C40H48N6O10. The molecule has 3 aromatic rings. The molecule has 0 saturated carbocycles. The summed E-state index contributed by atoms with van der Waals surface area (Å²) in [5.74, 6) is 5.66. The van der Waals surface area contributed by atoms with Crippen LogP contribution in [0.15, 0.2) is 72.8 Å². The van der Waals surface area contributed by atoms with Gasteiger partial charge in [-0.05, 0) is 23.8 Å². The minimum atomic E-state index is -0.905. The standard InChI is InChI=1S/C40H48N6O10/c1-41-40(50)44-34(33-11-5-7-13-36(33)46(51)52)28-38(48)43-19-21-54-23-25-56-27-26-55-24-22-53-20-17-37(47)42-18-16-39(49)45-29-32-10-3-2-8-30(32)14-15-31-9-4-6-12-35(31)45/h2-13,34H,16-29H2,1H3,(H,42,47)(H,43,48)(H2,41,44,50). The van der Waals surface area contributed by atoms with Crippen LogP contribution >= 0.6 is 0 Å². The van der Waals surface area contributed by atoms with Gasteiger partial charge in [-0.3, -0.25) is 24.5 Å². The summed E-state index contributed by atoms with van der Waals surface area (Å²) >= 11 is 0. The number of nitro groups is 1. The number of hydrogen-bond acceptors (Lipinski definition) is 10. The van der Waals surface area contributed by atoms with Gasteiger partial charge >= 0.3 is 6.03 Å². The molecule has 4 N–H and O–H groups in total. The molecule has 16 heteroatoms. The molecule has 1 unspecified atom stereocenters. The number of urea groups is 1. The first-order chi connectivity index (χ1) is 27.3. The third-order valence-electron chi connectivity index (χ3n) is 8.42. The number of benzene rings is 3. The van der Waals surface area contributed by atoms with Crippen LogP contribution in [0.25, 0.3) is 0 Å². The molecular weight excluding hydrogens is 724 g/mol. The van der Waals surface area contributed by atoms with Crippen molar-refractivity contribution in [2.24, 2.45) is 0 Å². The maximum absolute atomic E-state index is 13.3. The lowest BCUT2D eigenvalue weighted by atomic mass is 10.0. The van der Waals surface area contributed by atoms with Gasteiger partial charge in [0.05, 0.1) is 88.0 Å². The van der Waals surface area contributed by atoms with Gasteiger partial charge in [0, 0.05) is 50.2 Å². The van der Waals surface area contributed by atoms with Gasteiger partial charge in [0.1, 0.15) is 0 Å². The van der Waals surface area contributed by atoms with E-state index in [1.807, 2.05) is 48.5 Å². The van der Waals surface area contributed by atoms with E-state index in [2.05, 4.69) is 33.1 Å². The van der Waals surface area contributed by atoms with Crippen LogP contribution < -0.4 is 26.2 Å². The molecule has 3 aromatic carbocycles. The fourth-order valence-electron chi connectivity index (χ4n) is 5.60. The highest BCUT2D eigenvalue weighted by Gasteiger charge is 2.25. The summed E-state index contributed by atoms with van der Waals surface area (Å²) in [4.78, 5) is 62.6. The lowest BCUT2D eigenvalue weighted by Gasteiger charge is -2.26. The van der Waals surface area contributed by atoms with E-state index >= 15 is 0 Å². The molecule has 0 radical (unpaired) electrons. The molecule has 4 rings (SSSR count). The van der Waals surface area contributed by atoms with Crippen LogP contribution in [-0.4, -0.2) is 102 Å². The van der Waals surface area contributed by atoms with Crippen LogP contribution in [-0.2, 0) is 39.9 Å². The Morgan fingerprint density at radius 2 is 1.32 bits per heavy atom. The van der Waals surface area contributed by atoms with Gasteiger partial charge in [0.25, 0.3) is 5.69 Å². The van der Waals surface area contributed by atoms with Crippen LogP contribution in [0.2, 0.25) is 0 Å². The highest BCUT2D eigenvalue weighted by atomic mass is 16.6. The summed E-state index contributed by atoms with van der Waals surface area (Å²) in [6.07, 6.45) is 0.100. The first-order valence-electron chi connectivity index (χ1n) is 18.3. The SMILES string of the molecule is CNC(=O)NC(CC(=O)NCCOCCOCCOCCOCCC(=O)NCCC(=O)N1Cc2ccccc2C#Cc2ccccc21)c1ccccc1[N+](=O)[O-]. The van der Waals surface area contributed by atoms with Crippen molar-refractivity contribution in [3.63, 3.8) is 0 Å². The second kappa shape index (κ2) is 23.8. The first kappa shape index (κ1) is 42.9. The second-order valence-corrected chi connectivity index (χ2v) is 12.3. The van der Waals surface area contributed by atoms with E-state index in [1.54, 1.807) is 11.0 Å². The summed E-state index contributed by atoms with van der Waals surface area (Å²) in [6.45, 7) is 3.18. The zero-order valence-electron chi connectivity index (χ0n) is 31.4. The number of ether oxygens (including phenoxy) is 4. The number of anilines is 1. The van der Waals surface area contributed by atoms with Crippen LogP contribution in [0.4, 0.5) is 16.2 Å². The zero-order valence-corrected chi connectivity index (χ0v) is 31.4. The monoisotopic (exact) mass is 772 g/mol. The number of nitrogens with zero attached hydrogens (tertiary/aromatic N) is 2. The second-order valence-electron chi connectivity index (χ2n) is 12.3. The van der Waals surface area contributed by atoms with Crippen molar-refractivity contribution in [2.75, 3.05) is 77.9 Å². The molecule has 1 heterocycles. The maximum atomic E-state index is 13.3. The van der Waals surface area contributed by atoms with Crippen LogP contribution in [0.5, 0.6) is 0 Å². The Bertz CT molecular complexity index is 1840. The van der Waals surface area contributed by atoms with Crippen LogP contribution in [0.1, 0.15) is 47.6 Å². The Hall–Kier alpha value is -5.86. The van der Waals surface area contributed by atoms with Crippen molar-refractivity contribution < 1.29 is 43.0 Å². The zero-order chi connectivity index (χ0) is 40.0. The predicted molar refractivity (Wildman–Crippen MR) is 207 cm³/mol. The van der Waals surface area contributed by atoms with Crippen molar-refractivity contribution in [1.29, 1.82) is 0 Å². The number of amides is 5. The van der Waals surface area contributed by atoms with E-state index < -0.39 is 22.9 Å². The van der Waals surface area contributed by atoms with Crippen molar-refractivity contribution >= 4 is 35.1 Å². The van der Waals surface area contributed by atoms with Gasteiger partial charge in [0.2, 0.25) is 17.7 Å². The van der Waals surface area contributed by atoms with Gasteiger partial charge in [-0.2, -0.15) is 0 Å². The predicted octanol–water partition coefficient (Wildman–Crippen LogP) is 2.98. The molecule has 0 fully saturated rings. The summed E-state index contributed by atoms with van der Waals surface area (Å²) in [7, 11) is 1.41. The van der Waals surface area contributed by atoms with E-state index in [1.165, 1.54) is 25.2 Å². The summed E-state index contributed by atoms with van der Waals surface area (Å²) in [5.41, 5.74) is 3.41. The third kappa shape index (κ3) is 14.4. The molecule has 0 aliphatic carbocycles. The van der Waals surface area contributed by atoms with Crippen LogP contribution in [0, 0.1) is 22.0 Å². The van der Waals surface area contributed by atoms with E-state index in [9.17, 15) is 29.3 Å². The molecule has 0 spiro atoms. The quantitative estimate of drug-likeness (QED) is 0.0481. The molecule has 56 heavy (non-hydrogen) atoms. The molecule has 1 aliphatic rings. The largest absolute Gasteiger partial charge is 0.379 e. The van der Waals surface area contributed by atoms with E-state index in [0.717, 1.165) is 22.4 Å². The number of carbonyl (C=O) groups is 4. The fourth-order valence-corrected chi connectivity index (χ4v) is 5.60. The molecule has 298 valence electrons. The number of nitrogens with one attached hydrogen (secondary N) is 4. The Balaban J connectivity index is 0.976. The molecule has 16 nitrogen and oxygen atoms in total. The molecule has 1 atom stereocenters. The van der Waals surface area contributed by atoms with E-state index in [4.69, 9.17) is 18.9 Å². The topological polar surface area (TPSA) is 200 Å². The highest BCUT2D eigenvalue weighted by molar-refractivity contribution is 5.95. The lowest BCUT2D eigenvalue weighted by Crippen LogP contribution is -2.39. The third-order valence-corrected chi connectivity index (χ3v) is 8.42. The molecule has 0 aromatic heterocycles. The van der Waals surface area contributed by atoms with Crippen molar-refractivity contribution in [2.45, 2.75) is 31.8 Å². The van der Waals surface area contributed by atoms with Gasteiger partial charge in [-0.1, -0.05) is 60.4 Å². The van der Waals surface area contributed by atoms with Crippen molar-refractivity contribution in [1.82, 2.24) is 21.3 Å². The molecule has 5 amide bonds. The fraction of sp³-hybridized carbons (Fsp3) is 0.400. The Labute approximate surface area is 325 Å². The highest BCUT2D eigenvalue weighted by Crippen LogP contribution is 2.28. The Morgan fingerprint density at radius 1 is 0.732 bits per heavy atom. The number of nitro benzene ring substituents is 1. The number of hydrogen-bond donors (Lipinski definition) is 4. The minimum absolute atomic E-state index is 0.107. The maximum Gasteiger partial charge on any atom is 0.315 e. The molecule has 0 saturated heterocycles. The van der Waals surface area contributed by atoms with E-state index in [-0.39, 0.29) is 68.6 Å². The average Bonchev–Trinajstić information content (AvgIpc) is 3.19. The summed E-state index contributed by atoms with van der Waals surface area (Å²) in [5, 5.41) is 21.9. The normalized spacial score (nSPS) is 12.1. The minimum Gasteiger partial charge on any atom is -0.379 e. The summed E-state index contributed by atoms with van der Waals surface area (Å²) < 4.78 is 21.9. The Kier molecular flexibility index (Phi) is 18.2. The summed E-state index contributed by atoms with van der Waals surface area (Å²) in [6, 6.07) is 19.8. The number of para-hydroxylation sites is 2. The van der Waals surface area contributed by atoms with Gasteiger partial charge in [-0.25, -0.2) is 4.79 Å². The van der Waals surface area contributed by atoms with Crippen LogP contribution in [0.3, 0.4) is 0 Å². The van der Waals surface area contributed by atoms with Gasteiger partial charge in [0.15, 0.2) is 0 Å².